The lowest BCUT2D eigenvalue weighted by molar-refractivity contribution is 0.0730. The van der Waals surface area contributed by atoms with Gasteiger partial charge in [-0.25, -0.2) is 8.42 Å². The molecule has 5 rings (SSSR count). The molecule has 1 atom stereocenters. The van der Waals surface area contributed by atoms with Crippen molar-refractivity contribution in [1.29, 1.82) is 0 Å². The highest BCUT2D eigenvalue weighted by Crippen LogP contribution is 2.31. The maximum atomic E-state index is 12.8. The minimum atomic E-state index is -3.54. The molecule has 1 amide bonds. The van der Waals surface area contributed by atoms with Crippen LogP contribution in [-0.2, 0) is 14.8 Å². The number of benzene rings is 2. The summed E-state index contributed by atoms with van der Waals surface area (Å²) in [4.78, 5) is 12.6. The predicted molar refractivity (Wildman–Crippen MR) is 114 cm³/mol. The van der Waals surface area contributed by atoms with E-state index >= 15 is 0 Å². The molecular weight excluding hydrogens is 418 g/mol. The third-order valence-electron chi connectivity index (χ3n) is 5.40. The molecule has 160 valence electrons. The number of nitrogens with zero attached hydrogens (tertiary/aromatic N) is 1. The second-order valence-electron chi connectivity index (χ2n) is 7.34. The van der Waals surface area contributed by atoms with E-state index in [1.54, 1.807) is 42.5 Å². The van der Waals surface area contributed by atoms with Crippen molar-refractivity contribution in [2.45, 2.75) is 11.1 Å². The first-order chi connectivity index (χ1) is 15.0. The summed E-state index contributed by atoms with van der Waals surface area (Å²) in [6.07, 6.45) is -0.489. The number of furan rings is 1. The average molecular weight is 439 g/mol. The summed E-state index contributed by atoms with van der Waals surface area (Å²) in [5, 5.41) is 6.13. The van der Waals surface area contributed by atoms with E-state index in [0.717, 1.165) is 11.3 Å². The molecule has 1 fully saturated rings. The monoisotopic (exact) mass is 439 g/mol. The number of carbonyl (C=O) groups is 1. The lowest BCUT2D eigenvalue weighted by atomic mass is 10.1. The van der Waals surface area contributed by atoms with Gasteiger partial charge in [-0.3, -0.25) is 4.79 Å². The molecule has 2 aromatic carbocycles. The Morgan fingerprint density at radius 3 is 2.42 bits per heavy atom. The summed E-state index contributed by atoms with van der Waals surface area (Å²) in [6, 6.07) is 17.5. The zero-order valence-electron chi connectivity index (χ0n) is 16.6. The number of morpholine rings is 1. The van der Waals surface area contributed by atoms with E-state index in [4.69, 9.17) is 9.15 Å². The van der Waals surface area contributed by atoms with Crippen LogP contribution in [-0.4, -0.2) is 44.9 Å². The second-order valence-corrected chi connectivity index (χ2v) is 9.28. The molecule has 31 heavy (non-hydrogen) atoms. The Morgan fingerprint density at radius 2 is 1.65 bits per heavy atom. The highest BCUT2D eigenvalue weighted by atomic mass is 32.2. The third kappa shape index (κ3) is 3.71. The van der Waals surface area contributed by atoms with Crippen LogP contribution in [0.3, 0.4) is 0 Å². The summed E-state index contributed by atoms with van der Waals surface area (Å²) in [7, 11) is -3.54. The highest BCUT2D eigenvalue weighted by molar-refractivity contribution is 7.89. The Bertz CT molecular complexity index is 1210. The maximum absolute atomic E-state index is 12.8. The lowest BCUT2D eigenvalue weighted by Gasteiger charge is -2.26. The number of ether oxygens (including phenoxy) is 1. The van der Waals surface area contributed by atoms with E-state index in [9.17, 15) is 13.2 Å². The first kappa shape index (κ1) is 19.8. The number of para-hydroxylation sites is 1. The smallest absolute Gasteiger partial charge is 0.255 e. The molecule has 3 heterocycles. The molecule has 0 saturated carbocycles. The van der Waals surface area contributed by atoms with Gasteiger partial charge in [-0.2, -0.15) is 4.31 Å². The fourth-order valence-corrected chi connectivity index (χ4v) is 5.15. The topological polar surface area (TPSA) is 101 Å². The number of amides is 1. The van der Waals surface area contributed by atoms with Gasteiger partial charge in [-0.05, 0) is 48.5 Å². The van der Waals surface area contributed by atoms with E-state index < -0.39 is 16.2 Å². The van der Waals surface area contributed by atoms with Crippen molar-refractivity contribution in [3.05, 3.63) is 72.0 Å². The number of hydrogen-bond donors (Lipinski definition) is 2. The Balaban J connectivity index is 1.35. The third-order valence-corrected chi connectivity index (χ3v) is 7.32. The van der Waals surface area contributed by atoms with Crippen LogP contribution in [0.2, 0.25) is 0 Å². The van der Waals surface area contributed by atoms with Crippen molar-refractivity contribution in [2.75, 3.05) is 31.6 Å². The van der Waals surface area contributed by atoms with E-state index in [-0.39, 0.29) is 10.8 Å². The molecule has 0 spiro atoms. The standard InChI is InChI=1S/C22H21N3O5S/c26-22-17-3-1-2-4-18(17)23-21(24-22)20-10-9-19(30-20)15-5-7-16(8-6-15)31(27,28)25-11-13-29-14-12-25/h1-10,21,23H,11-14H2,(H,24,26). The van der Waals surface area contributed by atoms with Crippen LogP contribution in [0.4, 0.5) is 5.69 Å². The summed E-state index contributed by atoms with van der Waals surface area (Å²) in [5.41, 5.74) is 2.07. The van der Waals surface area contributed by atoms with Crippen LogP contribution in [0.15, 0.2) is 70.0 Å². The van der Waals surface area contributed by atoms with Gasteiger partial charge in [0.2, 0.25) is 10.0 Å². The largest absolute Gasteiger partial charge is 0.457 e. The first-order valence-corrected chi connectivity index (χ1v) is 11.4. The molecule has 9 heteroatoms. The number of sulfonamides is 1. The Labute approximate surface area is 179 Å². The summed E-state index contributed by atoms with van der Waals surface area (Å²) in [5.74, 6) is 0.970. The van der Waals surface area contributed by atoms with Gasteiger partial charge >= 0.3 is 0 Å². The quantitative estimate of drug-likeness (QED) is 0.648. The molecule has 0 aliphatic carbocycles. The lowest BCUT2D eigenvalue weighted by Crippen LogP contribution is -2.40. The maximum Gasteiger partial charge on any atom is 0.255 e. The van der Waals surface area contributed by atoms with Crippen LogP contribution in [0.5, 0.6) is 0 Å². The van der Waals surface area contributed by atoms with Crippen LogP contribution >= 0.6 is 0 Å². The van der Waals surface area contributed by atoms with Gasteiger partial charge in [0.15, 0.2) is 6.17 Å². The van der Waals surface area contributed by atoms with E-state index in [1.807, 2.05) is 18.2 Å². The second kappa shape index (κ2) is 7.84. The molecule has 1 unspecified atom stereocenters. The minimum absolute atomic E-state index is 0.171. The minimum Gasteiger partial charge on any atom is -0.457 e. The molecule has 3 aromatic rings. The van der Waals surface area contributed by atoms with Crippen molar-refractivity contribution in [2.24, 2.45) is 0 Å². The highest BCUT2D eigenvalue weighted by Gasteiger charge is 2.28. The van der Waals surface area contributed by atoms with Crippen LogP contribution in [0, 0.1) is 0 Å². The van der Waals surface area contributed by atoms with Crippen LogP contribution in [0.25, 0.3) is 11.3 Å². The Kier molecular flexibility index (Phi) is 5.01. The fraction of sp³-hybridized carbons (Fsp3) is 0.227. The van der Waals surface area contributed by atoms with Gasteiger partial charge < -0.3 is 19.8 Å². The van der Waals surface area contributed by atoms with E-state index in [1.165, 1.54) is 4.31 Å². The number of anilines is 1. The number of rotatable bonds is 4. The molecule has 1 saturated heterocycles. The summed E-state index contributed by atoms with van der Waals surface area (Å²) < 4.78 is 38.2. The van der Waals surface area contributed by atoms with Gasteiger partial charge in [0, 0.05) is 24.3 Å². The number of hydrogen-bond acceptors (Lipinski definition) is 6. The molecule has 2 N–H and O–H groups in total. The normalized spacial score (nSPS) is 19.4. The molecule has 0 radical (unpaired) electrons. The molecule has 2 aliphatic rings. The van der Waals surface area contributed by atoms with Gasteiger partial charge in [-0.1, -0.05) is 12.1 Å². The van der Waals surface area contributed by atoms with Crippen molar-refractivity contribution >= 4 is 21.6 Å². The van der Waals surface area contributed by atoms with Crippen molar-refractivity contribution in [3.63, 3.8) is 0 Å². The van der Waals surface area contributed by atoms with Crippen molar-refractivity contribution in [1.82, 2.24) is 9.62 Å². The SMILES string of the molecule is O=C1NC(c2ccc(-c3ccc(S(=O)(=O)N4CCOCC4)cc3)o2)Nc2ccccc21. The molecule has 2 aliphatic heterocycles. The van der Waals surface area contributed by atoms with Crippen LogP contribution < -0.4 is 10.6 Å². The summed E-state index contributed by atoms with van der Waals surface area (Å²) in [6.45, 7) is 1.52. The van der Waals surface area contributed by atoms with Crippen molar-refractivity contribution < 1.29 is 22.4 Å². The first-order valence-electron chi connectivity index (χ1n) is 9.97. The zero-order valence-corrected chi connectivity index (χ0v) is 17.4. The number of nitrogens with one attached hydrogen (secondary N) is 2. The van der Waals surface area contributed by atoms with Crippen molar-refractivity contribution in [3.8, 4) is 11.3 Å². The Hall–Kier alpha value is -3.14. The molecule has 1 aromatic heterocycles. The molecular formula is C22H21N3O5S. The molecule has 8 nitrogen and oxygen atoms in total. The van der Waals surface area contributed by atoms with Gasteiger partial charge in [-0.15, -0.1) is 0 Å². The van der Waals surface area contributed by atoms with E-state index in [2.05, 4.69) is 10.6 Å². The fourth-order valence-electron chi connectivity index (χ4n) is 3.74. The van der Waals surface area contributed by atoms with E-state index in [0.29, 0.717) is 43.4 Å². The van der Waals surface area contributed by atoms with Gasteiger partial charge in [0.1, 0.15) is 11.5 Å². The van der Waals surface area contributed by atoms with Crippen LogP contribution in [0.1, 0.15) is 22.3 Å². The number of fused-ring (bicyclic) bond motifs is 1. The summed E-state index contributed by atoms with van der Waals surface area (Å²) >= 11 is 0. The number of carbonyl (C=O) groups excluding carboxylic acids is 1. The zero-order chi connectivity index (χ0) is 21.4. The van der Waals surface area contributed by atoms with Gasteiger partial charge in [0.25, 0.3) is 5.91 Å². The molecule has 0 bridgehead atoms. The van der Waals surface area contributed by atoms with Gasteiger partial charge in [0.05, 0.1) is 23.7 Å². The predicted octanol–water partition coefficient (Wildman–Crippen LogP) is 2.82. The average Bonchev–Trinajstić information content (AvgIpc) is 3.30. The Morgan fingerprint density at radius 1 is 0.903 bits per heavy atom.